The van der Waals surface area contributed by atoms with Crippen LogP contribution in [0.15, 0.2) is 67.0 Å². The highest BCUT2D eigenvalue weighted by Gasteiger charge is 2.18. The van der Waals surface area contributed by atoms with Gasteiger partial charge in [0.05, 0.1) is 13.2 Å². The Morgan fingerprint density at radius 1 is 0.750 bits per heavy atom. The Balaban J connectivity index is 1.30. The first kappa shape index (κ1) is 18.9. The fraction of sp³-hybridized carbons (Fsp3) is 0.348. The third kappa shape index (κ3) is 4.87. The van der Waals surface area contributed by atoms with Gasteiger partial charge in [0.25, 0.3) is 0 Å². The maximum Gasteiger partial charge on any atom is 0.0685 e. The summed E-state index contributed by atoms with van der Waals surface area (Å²) in [6.07, 6.45) is 3.82. The van der Waals surface area contributed by atoms with Gasteiger partial charge in [-0.2, -0.15) is 5.10 Å². The molecule has 4 rings (SSSR count). The quantitative estimate of drug-likeness (QED) is 0.689. The Morgan fingerprint density at radius 3 is 2.11 bits per heavy atom. The lowest BCUT2D eigenvalue weighted by molar-refractivity contribution is 0.121. The number of nitrogens with zero attached hydrogens (tertiary/aromatic N) is 4. The van der Waals surface area contributed by atoms with Crippen LogP contribution in [0.25, 0.3) is 0 Å². The molecule has 1 aliphatic rings. The van der Waals surface area contributed by atoms with E-state index >= 15 is 0 Å². The Labute approximate surface area is 166 Å². The van der Waals surface area contributed by atoms with E-state index in [0.717, 1.165) is 51.4 Å². The van der Waals surface area contributed by atoms with Crippen LogP contribution in [-0.4, -0.2) is 50.9 Å². The van der Waals surface area contributed by atoms with Crippen LogP contribution in [0.2, 0.25) is 0 Å². The van der Waals surface area contributed by atoms with Crippen LogP contribution >= 0.6 is 0 Å². The van der Waals surface area contributed by atoms with E-state index in [9.17, 15) is 5.11 Å². The number of hydrogen-bond donors (Lipinski definition) is 1. The van der Waals surface area contributed by atoms with Gasteiger partial charge in [0, 0.05) is 51.7 Å². The van der Waals surface area contributed by atoms with Gasteiger partial charge in [-0.25, -0.2) is 0 Å². The summed E-state index contributed by atoms with van der Waals surface area (Å²) in [5, 5.41) is 13.8. The van der Waals surface area contributed by atoms with Crippen LogP contribution in [-0.2, 0) is 26.2 Å². The molecule has 146 valence electrons. The molecule has 1 N–H and O–H groups in total. The molecule has 5 heteroatoms. The molecule has 0 radical (unpaired) electrons. The smallest absolute Gasteiger partial charge is 0.0685 e. The van der Waals surface area contributed by atoms with Crippen LogP contribution in [0.3, 0.4) is 0 Å². The first-order chi connectivity index (χ1) is 13.8. The number of aromatic nitrogens is 2. The molecule has 5 nitrogen and oxygen atoms in total. The standard InChI is InChI=1S/C23H28N4O/c28-19-23-8-2-1-7-22(23)18-26-13-11-25(12-14-26)16-20-5-3-6-21(15-20)17-27-10-4-9-24-27/h1-10,15,28H,11-14,16-19H2. The number of benzene rings is 2. The van der Waals surface area contributed by atoms with E-state index in [-0.39, 0.29) is 6.61 Å². The summed E-state index contributed by atoms with van der Waals surface area (Å²) in [5.74, 6) is 0. The second kappa shape index (κ2) is 9.15. The van der Waals surface area contributed by atoms with Crippen LogP contribution in [0.4, 0.5) is 0 Å². The monoisotopic (exact) mass is 376 g/mol. The lowest BCUT2D eigenvalue weighted by atomic mass is 10.1. The number of piperazine rings is 1. The van der Waals surface area contributed by atoms with E-state index in [1.165, 1.54) is 16.7 Å². The molecule has 0 aliphatic carbocycles. The Morgan fingerprint density at radius 2 is 1.43 bits per heavy atom. The van der Waals surface area contributed by atoms with Crippen LogP contribution in [0.5, 0.6) is 0 Å². The molecule has 0 spiro atoms. The number of rotatable bonds is 7. The molecule has 1 aromatic heterocycles. The minimum atomic E-state index is 0.116. The normalized spacial score (nSPS) is 15.8. The average molecular weight is 377 g/mol. The van der Waals surface area contributed by atoms with Crippen LogP contribution in [0.1, 0.15) is 22.3 Å². The fourth-order valence-electron chi connectivity index (χ4n) is 3.88. The molecule has 0 unspecified atom stereocenters. The van der Waals surface area contributed by atoms with Crippen molar-refractivity contribution in [3.05, 3.63) is 89.2 Å². The molecule has 2 heterocycles. The fourth-order valence-corrected chi connectivity index (χ4v) is 3.88. The summed E-state index contributed by atoms with van der Waals surface area (Å²) in [7, 11) is 0. The zero-order valence-electron chi connectivity index (χ0n) is 16.2. The van der Waals surface area contributed by atoms with Gasteiger partial charge >= 0.3 is 0 Å². The number of hydrogen-bond acceptors (Lipinski definition) is 4. The summed E-state index contributed by atoms with van der Waals surface area (Å²) in [6.45, 7) is 7.12. The van der Waals surface area contributed by atoms with Gasteiger partial charge in [-0.05, 0) is 28.3 Å². The lowest BCUT2D eigenvalue weighted by Gasteiger charge is -2.35. The molecule has 28 heavy (non-hydrogen) atoms. The molecular formula is C23H28N4O. The van der Waals surface area contributed by atoms with Gasteiger partial charge in [-0.15, -0.1) is 0 Å². The SMILES string of the molecule is OCc1ccccc1CN1CCN(Cc2cccc(Cn3cccn3)c2)CC1. The largest absolute Gasteiger partial charge is 0.392 e. The molecule has 0 bridgehead atoms. The highest BCUT2D eigenvalue weighted by Crippen LogP contribution is 2.15. The van der Waals surface area contributed by atoms with Crippen molar-refractivity contribution < 1.29 is 5.11 Å². The summed E-state index contributed by atoms with van der Waals surface area (Å²) in [4.78, 5) is 5.01. The Kier molecular flexibility index (Phi) is 6.17. The van der Waals surface area contributed by atoms with Gasteiger partial charge in [0.2, 0.25) is 0 Å². The first-order valence-electron chi connectivity index (χ1n) is 9.98. The van der Waals surface area contributed by atoms with Crippen molar-refractivity contribution in [2.24, 2.45) is 0 Å². The van der Waals surface area contributed by atoms with Crippen molar-refractivity contribution in [3.8, 4) is 0 Å². The summed E-state index contributed by atoms with van der Waals surface area (Å²) in [5.41, 5.74) is 4.94. The molecule has 1 saturated heterocycles. The maximum atomic E-state index is 9.53. The predicted octanol–water partition coefficient (Wildman–Crippen LogP) is 2.74. The van der Waals surface area contributed by atoms with Gasteiger partial charge in [-0.3, -0.25) is 14.5 Å². The third-order valence-electron chi connectivity index (χ3n) is 5.45. The van der Waals surface area contributed by atoms with Crippen molar-refractivity contribution in [1.29, 1.82) is 0 Å². The number of aliphatic hydroxyl groups excluding tert-OH is 1. The molecular weight excluding hydrogens is 348 g/mol. The van der Waals surface area contributed by atoms with Crippen molar-refractivity contribution >= 4 is 0 Å². The highest BCUT2D eigenvalue weighted by molar-refractivity contribution is 5.26. The Bertz CT molecular complexity index is 870. The molecule has 0 amide bonds. The predicted molar refractivity (Wildman–Crippen MR) is 111 cm³/mol. The van der Waals surface area contributed by atoms with E-state index in [1.807, 2.05) is 35.3 Å². The van der Waals surface area contributed by atoms with Crippen molar-refractivity contribution in [3.63, 3.8) is 0 Å². The van der Waals surface area contributed by atoms with Gasteiger partial charge in [-0.1, -0.05) is 48.5 Å². The van der Waals surface area contributed by atoms with Gasteiger partial charge < -0.3 is 5.11 Å². The zero-order chi connectivity index (χ0) is 19.2. The van der Waals surface area contributed by atoms with Crippen LogP contribution in [0, 0.1) is 0 Å². The van der Waals surface area contributed by atoms with Gasteiger partial charge in [0.1, 0.15) is 0 Å². The van der Waals surface area contributed by atoms with E-state index in [1.54, 1.807) is 0 Å². The van der Waals surface area contributed by atoms with E-state index in [2.05, 4.69) is 51.3 Å². The van der Waals surface area contributed by atoms with E-state index < -0.39 is 0 Å². The molecule has 0 saturated carbocycles. The van der Waals surface area contributed by atoms with Gasteiger partial charge in [0.15, 0.2) is 0 Å². The van der Waals surface area contributed by atoms with E-state index in [0.29, 0.717) is 0 Å². The van der Waals surface area contributed by atoms with Crippen molar-refractivity contribution in [2.45, 2.75) is 26.2 Å². The number of aliphatic hydroxyl groups is 1. The minimum Gasteiger partial charge on any atom is -0.392 e. The minimum absolute atomic E-state index is 0.116. The summed E-state index contributed by atoms with van der Waals surface area (Å²) < 4.78 is 1.96. The van der Waals surface area contributed by atoms with E-state index in [4.69, 9.17) is 0 Å². The summed E-state index contributed by atoms with van der Waals surface area (Å²) in [6, 6.07) is 19.0. The maximum absolute atomic E-state index is 9.53. The molecule has 3 aromatic rings. The average Bonchev–Trinajstić information content (AvgIpc) is 3.23. The molecule has 1 fully saturated rings. The lowest BCUT2D eigenvalue weighted by Crippen LogP contribution is -2.45. The van der Waals surface area contributed by atoms with Crippen molar-refractivity contribution in [2.75, 3.05) is 26.2 Å². The third-order valence-corrected chi connectivity index (χ3v) is 5.45. The summed E-state index contributed by atoms with van der Waals surface area (Å²) >= 11 is 0. The van der Waals surface area contributed by atoms with Crippen LogP contribution < -0.4 is 0 Å². The topological polar surface area (TPSA) is 44.5 Å². The van der Waals surface area contributed by atoms with Crippen molar-refractivity contribution in [1.82, 2.24) is 19.6 Å². The first-order valence-corrected chi connectivity index (χ1v) is 9.98. The highest BCUT2D eigenvalue weighted by atomic mass is 16.3. The molecule has 1 aliphatic heterocycles. The molecule has 2 aromatic carbocycles. The second-order valence-corrected chi connectivity index (χ2v) is 7.50. The second-order valence-electron chi connectivity index (χ2n) is 7.50. The Hall–Kier alpha value is -2.47. The molecule has 0 atom stereocenters. The zero-order valence-corrected chi connectivity index (χ0v) is 16.2.